The van der Waals surface area contributed by atoms with E-state index in [0.29, 0.717) is 17.0 Å². The van der Waals surface area contributed by atoms with Gasteiger partial charge in [0.05, 0.1) is 10.6 Å². The first-order chi connectivity index (χ1) is 20.5. The maximum absolute atomic E-state index is 14.3. The van der Waals surface area contributed by atoms with E-state index in [-0.39, 0.29) is 39.1 Å². The Morgan fingerprint density at radius 2 is 1.56 bits per heavy atom. The van der Waals surface area contributed by atoms with Crippen molar-refractivity contribution in [2.75, 3.05) is 10.8 Å². The van der Waals surface area contributed by atoms with Gasteiger partial charge in [0.15, 0.2) is 0 Å². The van der Waals surface area contributed by atoms with Gasteiger partial charge in [-0.1, -0.05) is 96.9 Å². The highest BCUT2D eigenvalue weighted by molar-refractivity contribution is 7.92. The molecule has 0 aromatic heterocycles. The van der Waals surface area contributed by atoms with Crippen LogP contribution in [0, 0.1) is 6.92 Å². The van der Waals surface area contributed by atoms with Gasteiger partial charge in [0.25, 0.3) is 10.0 Å². The van der Waals surface area contributed by atoms with Gasteiger partial charge in [-0.3, -0.25) is 13.9 Å². The molecule has 0 saturated heterocycles. The third-order valence-electron chi connectivity index (χ3n) is 7.66. The van der Waals surface area contributed by atoms with Gasteiger partial charge in [-0.05, 0) is 68.1 Å². The van der Waals surface area contributed by atoms with Gasteiger partial charge in [0.2, 0.25) is 11.8 Å². The number of anilines is 1. The van der Waals surface area contributed by atoms with Gasteiger partial charge < -0.3 is 10.2 Å². The normalized spacial score (nSPS) is 14.6. The number of benzene rings is 3. The van der Waals surface area contributed by atoms with E-state index in [0.717, 1.165) is 42.0 Å². The van der Waals surface area contributed by atoms with Gasteiger partial charge in [-0.25, -0.2) is 8.42 Å². The molecule has 0 radical (unpaired) electrons. The zero-order valence-electron chi connectivity index (χ0n) is 24.2. The zero-order valence-corrected chi connectivity index (χ0v) is 27.3. The molecule has 0 aliphatic heterocycles. The van der Waals surface area contributed by atoms with E-state index in [1.54, 1.807) is 36.4 Å². The highest BCUT2D eigenvalue weighted by Gasteiger charge is 2.35. The minimum absolute atomic E-state index is 0.00161. The topological polar surface area (TPSA) is 86.8 Å². The molecular formula is C32H36Cl3N3O4S. The first kappa shape index (κ1) is 33.1. The largest absolute Gasteiger partial charge is 0.352 e. The first-order valence-electron chi connectivity index (χ1n) is 14.4. The van der Waals surface area contributed by atoms with Crippen LogP contribution in [0.25, 0.3) is 0 Å². The lowest BCUT2D eigenvalue weighted by molar-refractivity contribution is -0.140. The fraction of sp³-hybridized carbons (Fsp3) is 0.375. The summed E-state index contributed by atoms with van der Waals surface area (Å²) in [5.41, 5.74) is 1.65. The van der Waals surface area contributed by atoms with Crippen molar-refractivity contribution in [1.29, 1.82) is 0 Å². The second-order valence-corrected chi connectivity index (χ2v) is 14.0. The number of amides is 2. The van der Waals surface area contributed by atoms with Crippen molar-refractivity contribution in [3.8, 4) is 0 Å². The van der Waals surface area contributed by atoms with Crippen LogP contribution in [0.2, 0.25) is 15.1 Å². The molecule has 0 spiro atoms. The van der Waals surface area contributed by atoms with E-state index in [2.05, 4.69) is 5.32 Å². The molecule has 3 aromatic carbocycles. The average molecular weight is 665 g/mol. The maximum atomic E-state index is 14.3. The molecule has 230 valence electrons. The Kier molecular flexibility index (Phi) is 11.4. The number of rotatable bonds is 11. The summed E-state index contributed by atoms with van der Waals surface area (Å²) in [5, 5.41) is 4.00. The molecule has 1 aliphatic carbocycles. The molecule has 0 bridgehead atoms. The van der Waals surface area contributed by atoms with E-state index in [1.165, 1.54) is 35.2 Å². The Hall–Kier alpha value is -2.78. The van der Waals surface area contributed by atoms with Gasteiger partial charge in [0.1, 0.15) is 12.6 Å². The van der Waals surface area contributed by atoms with Crippen LogP contribution in [-0.2, 0) is 26.2 Å². The Labute approximate surface area is 269 Å². The lowest BCUT2D eigenvalue weighted by atomic mass is 9.95. The molecule has 1 aliphatic rings. The van der Waals surface area contributed by atoms with Crippen LogP contribution < -0.4 is 9.62 Å². The molecule has 2 amide bonds. The summed E-state index contributed by atoms with van der Waals surface area (Å²) >= 11 is 19.0. The molecule has 4 rings (SSSR count). The Morgan fingerprint density at radius 3 is 2.16 bits per heavy atom. The number of halogens is 3. The fourth-order valence-electron chi connectivity index (χ4n) is 5.32. The highest BCUT2D eigenvalue weighted by atomic mass is 35.5. The number of sulfonamides is 1. The number of carbonyl (C=O) groups excluding carboxylic acids is 2. The molecular weight excluding hydrogens is 629 g/mol. The number of aryl methyl sites for hydroxylation is 1. The standard InChI is InChI=1S/C32H36Cl3N3O4S/c1-3-30(32(40)36-26-10-5-4-6-11-26)37(20-23-9-7-8-12-29(23)35)31(39)21-38(27-18-24(33)17-25(34)19-27)43(41,42)28-15-13-22(2)14-16-28/h7-9,12-19,26,30H,3-6,10-11,20-21H2,1-2H3,(H,36,40)/t30-/m0/s1. The van der Waals surface area contributed by atoms with Crippen molar-refractivity contribution in [2.45, 2.75) is 75.9 Å². The molecule has 43 heavy (non-hydrogen) atoms. The molecule has 1 N–H and O–H groups in total. The predicted octanol–water partition coefficient (Wildman–Crippen LogP) is 7.41. The summed E-state index contributed by atoms with van der Waals surface area (Å²) in [6.45, 7) is 3.11. The molecule has 1 atom stereocenters. The van der Waals surface area contributed by atoms with Crippen LogP contribution in [0.15, 0.2) is 71.6 Å². The van der Waals surface area contributed by atoms with Crippen molar-refractivity contribution in [3.63, 3.8) is 0 Å². The SMILES string of the molecule is CC[C@@H](C(=O)NC1CCCCC1)N(Cc1ccccc1Cl)C(=O)CN(c1cc(Cl)cc(Cl)c1)S(=O)(=O)c1ccc(C)cc1. The lowest BCUT2D eigenvalue weighted by Crippen LogP contribution is -2.54. The fourth-order valence-corrected chi connectivity index (χ4v) is 7.43. The van der Waals surface area contributed by atoms with Gasteiger partial charge in [-0.2, -0.15) is 0 Å². The monoisotopic (exact) mass is 663 g/mol. The molecule has 0 unspecified atom stereocenters. The quantitative estimate of drug-likeness (QED) is 0.231. The third kappa shape index (κ3) is 8.44. The second-order valence-electron chi connectivity index (χ2n) is 10.8. The Bertz CT molecular complexity index is 1520. The smallest absolute Gasteiger partial charge is 0.264 e. The first-order valence-corrected chi connectivity index (χ1v) is 17.0. The number of hydrogen-bond donors (Lipinski definition) is 1. The van der Waals surface area contributed by atoms with Crippen LogP contribution in [0.3, 0.4) is 0 Å². The summed E-state index contributed by atoms with van der Waals surface area (Å²) in [7, 11) is -4.25. The number of carbonyl (C=O) groups is 2. The summed E-state index contributed by atoms with van der Waals surface area (Å²) in [4.78, 5) is 29.3. The minimum atomic E-state index is -4.25. The van der Waals surface area contributed by atoms with Crippen molar-refractivity contribution < 1.29 is 18.0 Å². The minimum Gasteiger partial charge on any atom is -0.352 e. The molecule has 3 aromatic rings. The number of nitrogens with zero attached hydrogens (tertiary/aromatic N) is 2. The van der Waals surface area contributed by atoms with E-state index < -0.39 is 28.5 Å². The van der Waals surface area contributed by atoms with Crippen molar-refractivity contribution >= 4 is 62.3 Å². The molecule has 0 heterocycles. The lowest BCUT2D eigenvalue weighted by Gasteiger charge is -2.34. The van der Waals surface area contributed by atoms with E-state index in [4.69, 9.17) is 34.8 Å². The zero-order chi connectivity index (χ0) is 31.1. The predicted molar refractivity (Wildman–Crippen MR) is 173 cm³/mol. The third-order valence-corrected chi connectivity index (χ3v) is 10.3. The molecule has 7 nitrogen and oxygen atoms in total. The van der Waals surface area contributed by atoms with E-state index in [9.17, 15) is 18.0 Å². The summed E-state index contributed by atoms with van der Waals surface area (Å²) in [6, 6.07) is 17.0. The number of nitrogens with one attached hydrogen (secondary N) is 1. The van der Waals surface area contributed by atoms with Gasteiger partial charge in [0, 0.05) is 27.7 Å². The van der Waals surface area contributed by atoms with Crippen LogP contribution in [0.5, 0.6) is 0 Å². The Morgan fingerprint density at radius 1 is 0.930 bits per heavy atom. The van der Waals surface area contributed by atoms with E-state index >= 15 is 0 Å². The molecule has 1 saturated carbocycles. The van der Waals surface area contributed by atoms with E-state index in [1.807, 2.05) is 13.8 Å². The van der Waals surface area contributed by atoms with Crippen LogP contribution in [0.4, 0.5) is 5.69 Å². The van der Waals surface area contributed by atoms with Crippen molar-refractivity contribution in [1.82, 2.24) is 10.2 Å². The second kappa shape index (κ2) is 14.8. The van der Waals surface area contributed by atoms with Crippen LogP contribution in [0.1, 0.15) is 56.6 Å². The average Bonchev–Trinajstić information content (AvgIpc) is 2.96. The van der Waals surface area contributed by atoms with Gasteiger partial charge in [-0.15, -0.1) is 0 Å². The highest BCUT2D eigenvalue weighted by Crippen LogP contribution is 2.31. The van der Waals surface area contributed by atoms with Crippen LogP contribution in [-0.4, -0.2) is 43.8 Å². The molecule has 1 fully saturated rings. The van der Waals surface area contributed by atoms with Gasteiger partial charge >= 0.3 is 0 Å². The maximum Gasteiger partial charge on any atom is 0.264 e. The molecule has 11 heteroatoms. The summed E-state index contributed by atoms with van der Waals surface area (Å²) in [6.07, 6.45) is 5.31. The van der Waals surface area contributed by atoms with Crippen LogP contribution >= 0.6 is 34.8 Å². The summed E-state index contributed by atoms with van der Waals surface area (Å²) in [5.74, 6) is -0.842. The van der Waals surface area contributed by atoms with Crippen molar-refractivity contribution in [3.05, 3.63) is 92.9 Å². The van der Waals surface area contributed by atoms with Crippen molar-refractivity contribution in [2.24, 2.45) is 0 Å². The number of hydrogen-bond acceptors (Lipinski definition) is 4. The Balaban J connectivity index is 1.74. The summed E-state index contributed by atoms with van der Waals surface area (Å²) < 4.78 is 29.1.